The second-order valence-electron chi connectivity index (χ2n) is 6.52. The predicted molar refractivity (Wildman–Crippen MR) is 124 cm³/mol. The maximum Gasteiger partial charge on any atom is 0.218 e. The third-order valence-electron chi connectivity index (χ3n) is 3.93. The Balaban J connectivity index is 3.71. The molecule has 0 atom stereocenters. The van der Waals surface area contributed by atoms with Gasteiger partial charge in [-0.3, -0.25) is 15.3 Å². The number of rotatable bonds is 14. The maximum absolute atomic E-state index is 8.37. The first-order valence-electron chi connectivity index (χ1n) is 10.3. The van der Waals surface area contributed by atoms with E-state index in [1.54, 1.807) is 12.4 Å². The third-order valence-corrected chi connectivity index (χ3v) is 3.93. The van der Waals surface area contributed by atoms with Crippen molar-refractivity contribution < 1.29 is 0 Å². The van der Waals surface area contributed by atoms with Crippen LogP contribution in [-0.4, -0.2) is 50.0 Å². The smallest absolute Gasteiger partial charge is 0.218 e. The van der Waals surface area contributed by atoms with Gasteiger partial charge in [0.1, 0.15) is 0 Å². The minimum atomic E-state index is 0.144. The number of hydrogen-bond acceptors (Lipinski definition) is 5. The van der Waals surface area contributed by atoms with E-state index in [0.29, 0.717) is 26.2 Å². The zero-order valence-corrected chi connectivity index (χ0v) is 18.0. The van der Waals surface area contributed by atoms with Crippen LogP contribution in [0.4, 0.5) is 0 Å². The number of nitrogens with one attached hydrogen (secondary N) is 3. The molecule has 0 aromatic carbocycles. The van der Waals surface area contributed by atoms with Crippen LogP contribution in [0.2, 0.25) is 0 Å². The van der Waals surface area contributed by atoms with E-state index in [2.05, 4.69) is 35.9 Å². The summed E-state index contributed by atoms with van der Waals surface area (Å²) in [4.78, 5) is 15.6. The minimum absolute atomic E-state index is 0.144. The average molecular weight is 434 g/mol. The van der Waals surface area contributed by atoms with Crippen LogP contribution in [0, 0.1) is 22.9 Å². The maximum atomic E-state index is 8.37. The van der Waals surface area contributed by atoms with Crippen molar-refractivity contribution in [3.8, 4) is 12.4 Å². The van der Waals surface area contributed by atoms with Crippen molar-refractivity contribution in [2.75, 3.05) is 26.2 Å². The molecule has 13 nitrogen and oxygen atoms in total. The fourth-order valence-corrected chi connectivity index (χ4v) is 2.40. The van der Waals surface area contributed by atoms with Crippen molar-refractivity contribution in [3.63, 3.8) is 0 Å². The highest BCUT2D eigenvalue weighted by Crippen LogP contribution is 2.00. The van der Waals surface area contributed by atoms with Crippen LogP contribution in [0.3, 0.4) is 0 Å². The van der Waals surface area contributed by atoms with Gasteiger partial charge in [-0.05, 0) is 25.7 Å². The summed E-state index contributed by atoms with van der Waals surface area (Å²) >= 11 is 0. The molecule has 0 aliphatic heterocycles. The highest BCUT2D eigenvalue weighted by atomic mass is 15.2. The monoisotopic (exact) mass is 433 g/mol. The third kappa shape index (κ3) is 19.4. The molecule has 0 aromatic rings. The number of unbranched alkanes of at least 4 members (excludes halogenated alkanes) is 6. The van der Waals surface area contributed by atoms with E-state index in [4.69, 9.17) is 33.5 Å². The van der Waals surface area contributed by atoms with Crippen molar-refractivity contribution in [2.45, 2.75) is 51.4 Å². The van der Waals surface area contributed by atoms with Crippen LogP contribution in [0.25, 0.3) is 0 Å². The number of hydrogen-bond donors (Lipinski definition) is 7. The lowest BCUT2D eigenvalue weighted by molar-refractivity contribution is 0.635. The summed E-state index contributed by atoms with van der Waals surface area (Å²) in [7, 11) is 0. The van der Waals surface area contributed by atoms with Crippen LogP contribution < -0.4 is 38.9 Å². The molecule has 172 valence electrons. The minimum Gasteiger partial charge on any atom is -0.370 e. The molecule has 0 rings (SSSR count). The molecule has 0 aliphatic carbocycles. The van der Waals surface area contributed by atoms with Gasteiger partial charge in [-0.15, -0.1) is 4.99 Å². The molecule has 11 N–H and O–H groups in total. The van der Waals surface area contributed by atoms with Gasteiger partial charge >= 0.3 is 0 Å². The molecule has 31 heavy (non-hydrogen) atoms. The topological polar surface area (TPSA) is 237 Å². The number of nitriles is 2. The lowest BCUT2D eigenvalue weighted by Crippen LogP contribution is -2.34. The Bertz CT molecular complexity index is 682. The van der Waals surface area contributed by atoms with Gasteiger partial charge in [0.2, 0.25) is 24.1 Å². The lowest BCUT2D eigenvalue weighted by Gasteiger charge is -2.05. The molecule has 0 aromatic heterocycles. The summed E-state index contributed by atoms with van der Waals surface area (Å²) in [5.41, 5.74) is 22.4. The predicted octanol–water partition coefficient (Wildman–Crippen LogP) is -0.903. The first kappa shape index (κ1) is 27.3. The van der Waals surface area contributed by atoms with Gasteiger partial charge in [0.05, 0.1) is 0 Å². The molecule has 0 bridgehead atoms. The van der Waals surface area contributed by atoms with Gasteiger partial charge in [0.15, 0.2) is 12.2 Å². The molecule has 0 amide bonds. The van der Waals surface area contributed by atoms with Crippen LogP contribution in [0.5, 0.6) is 0 Å². The largest absolute Gasteiger partial charge is 0.370 e. The molecule has 0 saturated heterocycles. The second kappa shape index (κ2) is 19.6. The van der Waals surface area contributed by atoms with Crippen molar-refractivity contribution in [3.05, 3.63) is 0 Å². The fourth-order valence-electron chi connectivity index (χ4n) is 2.40. The SMILES string of the molecule is N#CN=C(N)NCCCCCCN=C(N)N=C(N)NCCCCCCN=C(N)NC#N. The van der Waals surface area contributed by atoms with Crippen molar-refractivity contribution in [1.29, 1.82) is 10.5 Å². The molecule has 0 fully saturated rings. The first-order chi connectivity index (χ1) is 15.0. The Morgan fingerprint density at radius 1 is 0.677 bits per heavy atom. The van der Waals surface area contributed by atoms with Gasteiger partial charge in [0.25, 0.3) is 0 Å². The number of aliphatic imine (C=N–C) groups is 4. The molecule has 0 spiro atoms. The number of nitrogens with two attached hydrogens (primary N) is 4. The summed E-state index contributed by atoms with van der Waals surface area (Å²) in [6.07, 6.45) is 11.0. The lowest BCUT2D eigenvalue weighted by atomic mass is 10.2. The van der Waals surface area contributed by atoms with E-state index < -0.39 is 0 Å². The Morgan fingerprint density at radius 2 is 1.23 bits per heavy atom. The van der Waals surface area contributed by atoms with E-state index in [0.717, 1.165) is 51.4 Å². The second-order valence-corrected chi connectivity index (χ2v) is 6.52. The summed E-state index contributed by atoms with van der Waals surface area (Å²) in [5, 5.41) is 24.8. The Labute approximate surface area is 183 Å². The van der Waals surface area contributed by atoms with Gasteiger partial charge < -0.3 is 33.6 Å². The first-order valence-corrected chi connectivity index (χ1v) is 10.3. The van der Waals surface area contributed by atoms with Crippen LogP contribution in [-0.2, 0) is 0 Å². The number of nitrogens with zero attached hydrogens (tertiary/aromatic N) is 6. The summed E-state index contributed by atoms with van der Waals surface area (Å²) in [6, 6.07) is 0. The highest BCUT2D eigenvalue weighted by Gasteiger charge is 1.96. The molecule has 0 aliphatic rings. The van der Waals surface area contributed by atoms with E-state index in [1.165, 1.54) is 0 Å². The average Bonchev–Trinajstić information content (AvgIpc) is 2.72. The normalized spacial score (nSPS) is 12.7. The van der Waals surface area contributed by atoms with Gasteiger partial charge in [-0.2, -0.15) is 15.5 Å². The Hall–Kier alpha value is -3.74. The van der Waals surface area contributed by atoms with Crippen molar-refractivity contribution >= 4 is 23.8 Å². The van der Waals surface area contributed by atoms with Crippen LogP contribution in [0.1, 0.15) is 51.4 Å². The molecule has 0 saturated carbocycles. The Morgan fingerprint density at radius 3 is 1.81 bits per heavy atom. The standard InChI is InChI=1S/C18H35N13/c19-13-29-15(21)25-9-5-1-3-7-11-27-17(23)31-18(24)28-12-8-4-2-6-10-26-16(22)30-14-20/h1-12H2,(H3,21,25,29)(H3,22,26,30)(H5,23,24,27,28,31). The summed E-state index contributed by atoms with van der Waals surface area (Å²) in [6.45, 7) is 2.55. The zero-order valence-electron chi connectivity index (χ0n) is 18.0. The van der Waals surface area contributed by atoms with Crippen molar-refractivity contribution in [1.82, 2.24) is 16.0 Å². The molecule has 0 heterocycles. The van der Waals surface area contributed by atoms with E-state index in [1.807, 2.05) is 0 Å². The molecule has 13 heteroatoms. The van der Waals surface area contributed by atoms with Crippen molar-refractivity contribution in [2.24, 2.45) is 42.9 Å². The van der Waals surface area contributed by atoms with E-state index >= 15 is 0 Å². The highest BCUT2D eigenvalue weighted by molar-refractivity contribution is 5.93. The molecular formula is C18H35N13. The molecule has 0 unspecified atom stereocenters. The fraction of sp³-hybridized carbons (Fsp3) is 0.667. The van der Waals surface area contributed by atoms with E-state index in [9.17, 15) is 0 Å². The molecule has 0 radical (unpaired) electrons. The van der Waals surface area contributed by atoms with Crippen LogP contribution >= 0.6 is 0 Å². The number of guanidine groups is 4. The summed E-state index contributed by atoms with van der Waals surface area (Å²) in [5.74, 6) is 0.705. The quantitative estimate of drug-likeness (QED) is 0.0589. The zero-order chi connectivity index (χ0) is 23.2. The van der Waals surface area contributed by atoms with Crippen LogP contribution in [0.15, 0.2) is 20.0 Å². The molecular weight excluding hydrogens is 398 g/mol. The summed E-state index contributed by atoms with van der Waals surface area (Å²) < 4.78 is 0. The van der Waals surface area contributed by atoms with Gasteiger partial charge in [-0.25, -0.2) is 0 Å². The van der Waals surface area contributed by atoms with E-state index in [-0.39, 0.29) is 23.8 Å². The Kier molecular flexibility index (Phi) is 17.2. The van der Waals surface area contributed by atoms with Gasteiger partial charge in [0, 0.05) is 26.2 Å². The van der Waals surface area contributed by atoms with Gasteiger partial charge in [-0.1, -0.05) is 25.7 Å².